The summed E-state index contributed by atoms with van der Waals surface area (Å²) < 4.78 is 22.5. The van der Waals surface area contributed by atoms with E-state index in [-0.39, 0.29) is 10.7 Å². The number of ketones is 1. The van der Waals surface area contributed by atoms with Gasteiger partial charge in [0.1, 0.15) is 5.41 Å². The molecular weight excluding hydrogens is 238 g/mol. The summed E-state index contributed by atoms with van der Waals surface area (Å²) >= 11 is 0. The summed E-state index contributed by atoms with van der Waals surface area (Å²) in [7, 11) is -3.26. The largest absolute Gasteiger partial charge is 0.292 e. The van der Waals surface area contributed by atoms with Gasteiger partial charge < -0.3 is 0 Å². The maximum Gasteiger partial charge on any atom is 0.182 e. The van der Waals surface area contributed by atoms with Gasteiger partial charge in [-0.15, -0.1) is 0 Å². The summed E-state index contributed by atoms with van der Waals surface area (Å²) in [5.41, 5.74) is -0.768. The number of nitriles is 1. The van der Waals surface area contributed by atoms with Crippen LogP contribution in [0.4, 0.5) is 0 Å². The Hall–Kier alpha value is -1.67. The standard InChI is InChI=1S/C12H13NO3S/c1-12(2,8-13)11(14)9-4-6-10(7-5-9)17(3,15)16/h4-7H,1-3H3. The van der Waals surface area contributed by atoms with Crippen molar-refractivity contribution in [2.75, 3.05) is 6.26 Å². The van der Waals surface area contributed by atoms with E-state index in [1.165, 1.54) is 38.1 Å². The third-order valence-electron chi connectivity index (χ3n) is 2.39. The summed E-state index contributed by atoms with van der Waals surface area (Å²) in [6.07, 6.45) is 1.10. The molecule has 1 aromatic carbocycles. The average molecular weight is 251 g/mol. The molecule has 0 aliphatic heterocycles. The van der Waals surface area contributed by atoms with E-state index >= 15 is 0 Å². The molecule has 0 saturated heterocycles. The van der Waals surface area contributed by atoms with Crippen LogP contribution in [0.15, 0.2) is 29.2 Å². The smallest absolute Gasteiger partial charge is 0.182 e. The van der Waals surface area contributed by atoms with E-state index < -0.39 is 15.3 Å². The lowest BCUT2D eigenvalue weighted by atomic mass is 9.86. The first kappa shape index (κ1) is 13.4. The SMILES string of the molecule is CC(C)(C#N)C(=O)c1ccc(S(C)(=O)=O)cc1. The van der Waals surface area contributed by atoms with E-state index in [4.69, 9.17) is 5.26 Å². The van der Waals surface area contributed by atoms with E-state index in [2.05, 4.69) is 0 Å². The summed E-state index contributed by atoms with van der Waals surface area (Å²) in [5.74, 6) is -0.319. The van der Waals surface area contributed by atoms with E-state index in [0.717, 1.165) is 6.26 Å². The minimum Gasteiger partial charge on any atom is -0.292 e. The third kappa shape index (κ3) is 2.92. The highest BCUT2D eigenvalue weighted by Gasteiger charge is 2.28. The first-order chi connectivity index (χ1) is 7.68. The molecule has 0 saturated carbocycles. The van der Waals surface area contributed by atoms with E-state index in [0.29, 0.717) is 5.56 Å². The Balaban J connectivity index is 3.14. The van der Waals surface area contributed by atoms with Crippen LogP contribution in [-0.2, 0) is 9.84 Å². The predicted octanol–water partition coefficient (Wildman–Crippen LogP) is 1.82. The molecule has 4 nitrogen and oxygen atoms in total. The molecule has 1 aromatic rings. The number of sulfone groups is 1. The van der Waals surface area contributed by atoms with Crippen LogP contribution in [0.3, 0.4) is 0 Å². The number of nitrogens with zero attached hydrogens (tertiary/aromatic N) is 1. The van der Waals surface area contributed by atoms with Gasteiger partial charge in [-0.3, -0.25) is 4.79 Å². The van der Waals surface area contributed by atoms with Crippen molar-refractivity contribution in [3.63, 3.8) is 0 Å². The van der Waals surface area contributed by atoms with Gasteiger partial charge in [0.15, 0.2) is 15.6 Å². The predicted molar refractivity (Wildman–Crippen MR) is 63.3 cm³/mol. The molecule has 0 amide bonds. The van der Waals surface area contributed by atoms with Gasteiger partial charge in [-0.25, -0.2) is 8.42 Å². The second-order valence-electron chi connectivity index (χ2n) is 4.36. The lowest BCUT2D eigenvalue weighted by Crippen LogP contribution is -2.22. The van der Waals surface area contributed by atoms with E-state index in [1.54, 1.807) is 0 Å². The number of rotatable bonds is 3. The quantitative estimate of drug-likeness (QED) is 0.768. The minimum atomic E-state index is -3.26. The van der Waals surface area contributed by atoms with Crippen molar-refractivity contribution in [2.45, 2.75) is 18.7 Å². The van der Waals surface area contributed by atoms with Crippen molar-refractivity contribution in [3.8, 4) is 6.07 Å². The molecule has 0 aliphatic carbocycles. The topological polar surface area (TPSA) is 75.0 Å². The third-order valence-corrected chi connectivity index (χ3v) is 3.52. The molecule has 0 radical (unpaired) electrons. The summed E-state index contributed by atoms with van der Waals surface area (Å²) in [4.78, 5) is 12.0. The number of carbonyl (C=O) groups excluding carboxylic acids is 1. The van der Waals surface area contributed by atoms with Crippen LogP contribution in [0.25, 0.3) is 0 Å². The van der Waals surface area contributed by atoms with Gasteiger partial charge in [0.25, 0.3) is 0 Å². The fraction of sp³-hybridized carbons (Fsp3) is 0.333. The highest BCUT2D eigenvalue weighted by atomic mass is 32.2. The molecule has 0 unspecified atom stereocenters. The Bertz CT molecular complexity index is 577. The summed E-state index contributed by atoms with van der Waals surface area (Å²) in [6.45, 7) is 3.06. The highest BCUT2D eigenvalue weighted by Crippen LogP contribution is 2.21. The van der Waals surface area contributed by atoms with Crippen molar-refractivity contribution in [1.29, 1.82) is 5.26 Å². The lowest BCUT2D eigenvalue weighted by Gasteiger charge is -2.13. The Labute approximate surface area is 101 Å². The van der Waals surface area contributed by atoms with Crippen LogP contribution in [0.2, 0.25) is 0 Å². The molecule has 0 heterocycles. The van der Waals surface area contributed by atoms with Gasteiger partial charge in [-0.1, -0.05) is 12.1 Å². The van der Waals surface area contributed by atoms with Crippen molar-refractivity contribution < 1.29 is 13.2 Å². The van der Waals surface area contributed by atoms with Crippen LogP contribution in [0.1, 0.15) is 24.2 Å². The molecule has 0 bridgehead atoms. The molecule has 0 N–H and O–H groups in total. The molecule has 0 fully saturated rings. The van der Waals surface area contributed by atoms with Crippen molar-refractivity contribution in [2.24, 2.45) is 5.41 Å². The van der Waals surface area contributed by atoms with Crippen LogP contribution >= 0.6 is 0 Å². The zero-order valence-corrected chi connectivity index (χ0v) is 10.7. The van der Waals surface area contributed by atoms with Gasteiger partial charge in [-0.05, 0) is 26.0 Å². The first-order valence-electron chi connectivity index (χ1n) is 4.94. The Kier molecular flexibility index (Phi) is 3.39. The minimum absolute atomic E-state index is 0.156. The number of hydrogen-bond donors (Lipinski definition) is 0. The fourth-order valence-corrected chi connectivity index (χ4v) is 1.90. The number of benzene rings is 1. The lowest BCUT2D eigenvalue weighted by molar-refractivity contribution is 0.0892. The van der Waals surface area contributed by atoms with Crippen LogP contribution in [0, 0.1) is 16.7 Å². The van der Waals surface area contributed by atoms with Gasteiger partial charge >= 0.3 is 0 Å². The Morgan fingerprint density at radius 2 is 1.71 bits per heavy atom. The molecule has 0 aromatic heterocycles. The molecule has 0 aliphatic rings. The first-order valence-corrected chi connectivity index (χ1v) is 6.84. The molecular formula is C12H13NO3S. The van der Waals surface area contributed by atoms with Crippen molar-refractivity contribution in [1.82, 2.24) is 0 Å². The molecule has 1 rings (SSSR count). The van der Waals surface area contributed by atoms with Gasteiger partial charge in [0.05, 0.1) is 11.0 Å². The van der Waals surface area contributed by atoms with Crippen molar-refractivity contribution >= 4 is 15.6 Å². The van der Waals surface area contributed by atoms with Gasteiger partial charge in [0.2, 0.25) is 0 Å². The van der Waals surface area contributed by atoms with E-state index in [1.807, 2.05) is 6.07 Å². The maximum absolute atomic E-state index is 11.9. The van der Waals surface area contributed by atoms with Crippen molar-refractivity contribution in [3.05, 3.63) is 29.8 Å². The van der Waals surface area contributed by atoms with Crippen LogP contribution in [-0.4, -0.2) is 20.5 Å². The number of Topliss-reactive ketones (excluding diaryl/α,β-unsaturated/α-hetero) is 1. The highest BCUT2D eigenvalue weighted by molar-refractivity contribution is 7.90. The second-order valence-corrected chi connectivity index (χ2v) is 6.38. The second kappa shape index (κ2) is 4.30. The molecule has 17 heavy (non-hydrogen) atoms. The molecule has 0 atom stereocenters. The monoisotopic (exact) mass is 251 g/mol. The molecule has 0 spiro atoms. The number of carbonyl (C=O) groups is 1. The Morgan fingerprint density at radius 1 is 1.24 bits per heavy atom. The normalized spacial score (nSPS) is 11.9. The summed E-state index contributed by atoms with van der Waals surface area (Å²) in [6, 6.07) is 7.52. The zero-order valence-electron chi connectivity index (χ0n) is 9.89. The van der Waals surface area contributed by atoms with Crippen LogP contribution < -0.4 is 0 Å². The van der Waals surface area contributed by atoms with Gasteiger partial charge in [-0.2, -0.15) is 5.26 Å². The average Bonchev–Trinajstić information content (AvgIpc) is 2.27. The number of hydrogen-bond acceptors (Lipinski definition) is 4. The fourth-order valence-electron chi connectivity index (χ4n) is 1.27. The Morgan fingerprint density at radius 3 is 2.06 bits per heavy atom. The van der Waals surface area contributed by atoms with Crippen LogP contribution in [0.5, 0.6) is 0 Å². The maximum atomic E-state index is 11.9. The van der Waals surface area contributed by atoms with Gasteiger partial charge in [0, 0.05) is 11.8 Å². The van der Waals surface area contributed by atoms with E-state index in [9.17, 15) is 13.2 Å². The molecule has 5 heteroatoms. The zero-order chi connectivity index (χ0) is 13.3. The summed E-state index contributed by atoms with van der Waals surface area (Å²) in [5, 5.41) is 8.84. The molecule has 90 valence electrons.